The lowest BCUT2D eigenvalue weighted by Gasteiger charge is -2.26. The Kier molecular flexibility index (Phi) is 5.76. The van der Waals surface area contributed by atoms with Gasteiger partial charge >= 0.3 is 5.97 Å². The van der Waals surface area contributed by atoms with Crippen molar-refractivity contribution in [2.24, 2.45) is 0 Å². The first-order chi connectivity index (χ1) is 9.78. The Morgan fingerprint density at radius 1 is 1.29 bits per heavy atom. The smallest absolute Gasteiger partial charge is 0.326 e. The fraction of sp³-hybridized carbons (Fsp3) is 0.500. The maximum Gasteiger partial charge on any atom is 0.326 e. The maximum absolute atomic E-state index is 12.4. The molecule has 0 saturated heterocycles. The summed E-state index contributed by atoms with van der Waals surface area (Å²) in [6.07, 6.45) is 2.09. The molecule has 1 aromatic carbocycles. The summed E-state index contributed by atoms with van der Waals surface area (Å²) in [7, 11) is 0. The van der Waals surface area contributed by atoms with Gasteiger partial charge in [-0.2, -0.15) is 0 Å². The highest BCUT2D eigenvalue weighted by molar-refractivity contribution is 5.90. The lowest BCUT2D eigenvalue weighted by molar-refractivity contribution is -0.142. The van der Waals surface area contributed by atoms with Crippen molar-refractivity contribution in [1.29, 1.82) is 0 Å². The van der Waals surface area contributed by atoms with E-state index in [1.165, 1.54) is 0 Å². The molecule has 116 valence electrons. The number of carboxylic acids is 1. The van der Waals surface area contributed by atoms with Gasteiger partial charge in [0, 0.05) is 5.69 Å². The summed E-state index contributed by atoms with van der Waals surface area (Å²) < 4.78 is 0. The molecule has 0 heterocycles. The van der Waals surface area contributed by atoms with E-state index in [-0.39, 0.29) is 5.91 Å². The average molecular weight is 292 g/mol. The topological polar surface area (TPSA) is 92.4 Å². The zero-order valence-corrected chi connectivity index (χ0v) is 12.8. The van der Waals surface area contributed by atoms with Gasteiger partial charge in [-0.1, -0.05) is 31.9 Å². The Labute approximate surface area is 125 Å². The van der Waals surface area contributed by atoms with Gasteiger partial charge in [0.25, 0.3) is 0 Å². The molecule has 1 aromatic rings. The third-order valence-electron chi connectivity index (χ3n) is 3.65. The third kappa shape index (κ3) is 4.48. The summed E-state index contributed by atoms with van der Waals surface area (Å²) in [5.41, 5.74) is 6.26. The van der Waals surface area contributed by atoms with Crippen LogP contribution < -0.4 is 11.1 Å². The van der Waals surface area contributed by atoms with Crippen LogP contribution in [0.5, 0.6) is 0 Å². The highest BCUT2D eigenvalue weighted by Gasteiger charge is 2.32. The van der Waals surface area contributed by atoms with Gasteiger partial charge in [-0.15, -0.1) is 0 Å². The Morgan fingerprint density at radius 2 is 1.86 bits per heavy atom. The van der Waals surface area contributed by atoms with E-state index < -0.39 is 17.4 Å². The molecule has 0 aliphatic heterocycles. The number of nitrogen functional groups attached to an aromatic ring is 1. The van der Waals surface area contributed by atoms with Crippen molar-refractivity contribution in [2.75, 3.05) is 5.73 Å². The summed E-state index contributed by atoms with van der Waals surface area (Å²) in [5.74, 6) is -1.29. The molecule has 21 heavy (non-hydrogen) atoms. The molecule has 4 N–H and O–H groups in total. The Hall–Kier alpha value is -2.04. The average Bonchev–Trinajstić information content (AvgIpc) is 2.43. The molecule has 1 atom stereocenters. The van der Waals surface area contributed by atoms with Crippen molar-refractivity contribution < 1.29 is 14.7 Å². The number of hydrogen-bond acceptors (Lipinski definition) is 3. The van der Waals surface area contributed by atoms with Gasteiger partial charge in [-0.25, -0.2) is 4.79 Å². The van der Waals surface area contributed by atoms with Gasteiger partial charge in [0.15, 0.2) is 0 Å². The normalized spacial score (nSPS) is 12.7. The number of anilines is 1. The number of unbranched alkanes of at least 4 members (excludes halogenated alkanes) is 1. The molecule has 5 nitrogen and oxygen atoms in total. The van der Waals surface area contributed by atoms with Crippen LogP contribution in [0.1, 0.15) is 45.6 Å². The second-order valence-corrected chi connectivity index (χ2v) is 5.75. The van der Waals surface area contributed by atoms with Gasteiger partial charge in [0.05, 0.1) is 5.41 Å². The summed E-state index contributed by atoms with van der Waals surface area (Å²) >= 11 is 0. The molecule has 0 aliphatic carbocycles. The standard InChI is InChI=1S/C16H24N2O3/c1-4-5-6-13(14(19)20)18-15(21)16(2,3)11-7-9-12(17)10-8-11/h7-10,13H,4-6,17H2,1-3H3,(H,18,21)(H,19,20)/t13-/m0/s1. The highest BCUT2D eigenvalue weighted by Crippen LogP contribution is 2.24. The second-order valence-electron chi connectivity index (χ2n) is 5.75. The van der Waals surface area contributed by atoms with Gasteiger partial charge in [-0.3, -0.25) is 4.79 Å². The first kappa shape index (κ1) is 17.0. The number of hydrogen-bond donors (Lipinski definition) is 3. The second kappa shape index (κ2) is 7.11. The van der Waals surface area contributed by atoms with Gasteiger partial charge in [-0.05, 0) is 38.0 Å². The number of aliphatic carboxylic acids is 1. The Balaban J connectivity index is 2.84. The summed E-state index contributed by atoms with van der Waals surface area (Å²) in [6, 6.07) is 6.20. The predicted octanol–water partition coefficient (Wildman–Crippen LogP) is 2.31. The van der Waals surface area contributed by atoms with Gasteiger partial charge < -0.3 is 16.2 Å². The van der Waals surface area contributed by atoms with Crippen LogP contribution in [-0.2, 0) is 15.0 Å². The maximum atomic E-state index is 12.4. The monoisotopic (exact) mass is 292 g/mol. The molecule has 0 fully saturated rings. The minimum Gasteiger partial charge on any atom is -0.480 e. The van der Waals surface area contributed by atoms with Crippen LogP contribution >= 0.6 is 0 Å². The number of carbonyl (C=O) groups is 2. The summed E-state index contributed by atoms with van der Waals surface area (Å²) in [6.45, 7) is 5.53. The minimum atomic E-state index is -0.995. The fourth-order valence-electron chi connectivity index (χ4n) is 2.04. The van der Waals surface area contributed by atoms with E-state index in [0.29, 0.717) is 12.1 Å². The minimum absolute atomic E-state index is 0.296. The van der Waals surface area contributed by atoms with Crippen molar-refractivity contribution >= 4 is 17.6 Å². The largest absolute Gasteiger partial charge is 0.480 e. The lowest BCUT2D eigenvalue weighted by atomic mass is 9.83. The van der Waals surface area contributed by atoms with Crippen LogP contribution in [0.15, 0.2) is 24.3 Å². The van der Waals surface area contributed by atoms with Crippen LogP contribution in [-0.4, -0.2) is 23.0 Å². The van der Waals surface area contributed by atoms with Gasteiger partial charge in [0.2, 0.25) is 5.91 Å². The quantitative estimate of drug-likeness (QED) is 0.672. The van der Waals surface area contributed by atoms with E-state index in [1.807, 2.05) is 6.92 Å². The molecule has 0 unspecified atom stereocenters. The number of nitrogens with two attached hydrogens (primary N) is 1. The fourth-order valence-corrected chi connectivity index (χ4v) is 2.04. The number of rotatable bonds is 7. The summed E-state index contributed by atoms with van der Waals surface area (Å²) in [4.78, 5) is 23.6. The number of carbonyl (C=O) groups excluding carboxylic acids is 1. The molecule has 1 rings (SSSR count). The van der Waals surface area contributed by atoms with Crippen LogP contribution in [0.4, 0.5) is 5.69 Å². The molecular weight excluding hydrogens is 268 g/mol. The van der Waals surface area contributed by atoms with Crippen molar-refractivity contribution in [3.8, 4) is 0 Å². The van der Waals surface area contributed by atoms with Gasteiger partial charge in [0.1, 0.15) is 6.04 Å². The van der Waals surface area contributed by atoms with Crippen LogP contribution in [0.3, 0.4) is 0 Å². The van der Waals surface area contributed by atoms with E-state index in [1.54, 1.807) is 38.1 Å². The SMILES string of the molecule is CCCC[C@H](NC(=O)C(C)(C)c1ccc(N)cc1)C(=O)O. The number of benzene rings is 1. The van der Waals surface area contributed by atoms with Crippen LogP contribution in [0.25, 0.3) is 0 Å². The number of nitrogens with one attached hydrogen (secondary N) is 1. The predicted molar refractivity (Wildman–Crippen MR) is 83.0 cm³/mol. The molecule has 0 aliphatic rings. The molecule has 0 saturated carbocycles. The van der Waals surface area contributed by atoms with Crippen LogP contribution in [0.2, 0.25) is 0 Å². The first-order valence-corrected chi connectivity index (χ1v) is 7.18. The van der Waals surface area contributed by atoms with E-state index in [4.69, 9.17) is 5.73 Å². The molecule has 0 bridgehead atoms. The van der Waals surface area contributed by atoms with Crippen molar-refractivity contribution in [1.82, 2.24) is 5.32 Å². The summed E-state index contributed by atoms with van der Waals surface area (Å²) in [5, 5.41) is 11.8. The molecule has 0 spiro atoms. The van der Waals surface area contributed by atoms with E-state index in [9.17, 15) is 14.7 Å². The van der Waals surface area contributed by atoms with E-state index >= 15 is 0 Å². The number of amides is 1. The van der Waals surface area contributed by atoms with Crippen molar-refractivity contribution in [3.63, 3.8) is 0 Å². The first-order valence-electron chi connectivity index (χ1n) is 7.18. The third-order valence-corrected chi connectivity index (χ3v) is 3.65. The lowest BCUT2D eigenvalue weighted by Crippen LogP contribution is -2.48. The molecule has 0 aromatic heterocycles. The van der Waals surface area contributed by atoms with E-state index in [2.05, 4.69) is 5.32 Å². The molecule has 0 radical (unpaired) electrons. The zero-order valence-electron chi connectivity index (χ0n) is 12.8. The van der Waals surface area contributed by atoms with Crippen molar-refractivity contribution in [3.05, 3.63) is 29.8 Å². The number of carboxylic acid groups (broad SMARTS) is 1. The molecular formula is C16H24N2O3. The van der Waals surface area contributed by atoms with Crippen LogP contribution in [0, 0.1) is 0 Å². The Morgan fingerprint density at radius 3 is 2.33 bits per heavy atom. The molecule has 5 heteroatoms. The van der Waals surface area contributed by atoms with E-state index in [0.717, 1.165) is 18.4 Å². The highest BCUT2D eigenvalue weighted by atomic mass is 16.4. The zero-order chi connectivity index (χ0) is 16.0. The van der Waals surface area contributed by atoms with Crippen molar-refractivity contribution in [2.45, 2.75) is 51.5 Å². The Bertz CT molecular complexity index is 495. The molecule has 1 amide bonds.